The van der Waals surface area contributed by atoms with Crippen molar-refractivity contribution in [3.63, 3.8) is 0 Å². The highest BCUT2D eigenvalue weighted by Gasteiger charge is 2.17. The Morgan fingerprint density at radius 1 is 1.32 bits per heavy atom. The highest BCUT2D eigenvalue weighted by molar-refractivity contribution is 7.12. The Labute approximate surface area is 117 Å². The molecule has 5 heteroatoms. The normalized spacial score (nSPS) is 13.9. The van der Waals surface area contributed by atoms with Gasteiger partial charge in [-0.3, -0.25) is 9.59 Å². The average Bonchev–Trinajstić information content (AvgIpc) is 2.55. The van der Waals surface area contributed by atoms with E-state index in [1.807, 2.05) is 20.8 Å². The van der Waals surface area contributed by atoms with Gasteiger partial charge >= 0.3 is 5.97 Å². The molecule has 0 saturated carbocycles. The summed E-state index contributed by atoms with van der Waals surface area (Å²) >= 11 is 1.72. The van der Waals surface area contributed by atoms with Gasteiger partial charge in [0.2, 0.25) is 5.91 Å². The van der Waals surface area contributed by atoms with Crippen molar-refractivity contribution in [1.29, 1.82) is 0 Å². The van der Waals surface area contributed by atoms with E-state index in [9.17, 15) is 9.59 Å². The van der Waals surface area contributed by atoms with Gasteiger partial charge in [0.15, 0.2) is 0 Å². The van der Waals surface area contributed by atoms with Crippen LogP contribution in [-0.4, -0.2) is 17.0 Å². The Kier molecular flexibility index (Phi) is 5.54. The maximum absolute atomic E-state index is 11.8. The van der Waals surface area contributed by atoms with Crippen molar-refractivity contribution < 1.29 is 14.7 Å². The predicted molar refractivity (Wildman–Crippen MR) is 76.4 cm³/mol. The summed E-state index contributed by atoms with van der Waals surface area (Å²) in [5.74, 6) is -1.10. The second-order valence-electron chi connectivity index (χ2n) is 5.06. The zero-order chi connectivity index (χ0) is 14.6. The molecule has 2 unspecified atom stereocenters. The summed E-state index contributed by atoms with van der Waals surface area (Å²) in [5, 5.41) is 11.6. The van der Waals surface area contributed by atoms with E-state index in [1.165, 1.54) is 9.75 Å². The van der Waals surface area contributed by atoms with Crippen LogP contribution in [0.3, 0.4) is 0 Å². The van der Waals surface area contributed by atoms with E-state index in [0.29, 0.717) is 0 Å². The molecule has 0 fully saturated rings. The fourth-order valence-corrected chi connectivity index (χ4v) is 3.17. The number of hydrogen-bond donors (Lipinski definition) is 2. The summed E-state index contributed by atoms with van der Waals surface area (Å²) in [6, 6.07) is 2.06. The fourth-order valence-electron chi connectivity index (χ4n) is 2.15. The van der Waals surface area contributed by atoms with Crippen LogP contribution in [0.5, 0.6) is 0 Å². The Morgan fingerprint density at radius 3 is 2.42 bits per heavy atom. The molecule has 1 amide bonds. The van der Waals surface area contributed by atoms with Crippen LogP contribution in [0.1, 0.15) is 48.0 Å². The average molecular weight is 283 g/mol. The minimum atomic E-state index is -0.863. The maximum atomic E-state index is 11.8. The van der Waals surface area contributed by atoms with Gasteiger partial charge in [-0.05, 0) is 38.3 Å². The third kappa shape index (κ3) is 5.03. The zero-order valence-electron chi connectivity index (χ0n) is 11.8. The van der Waals surface area contributed by atoms with Crippen LogP contribution in [0.25, 0.3) is 0 Å². The van der Waals surface area contributed by atoms with E-state index in [4.69, 9.17) is 5.11 Å². The molecular weight excluding hydrogens is 262 g/mol. The number of thiophene rings is 1. The maximum Gasteiger partial charge on any atom is 0.303 e. The van der Waals surface area contributed by atoms with Crippen molar-refractivity contribution in [2.75, 3.05) is 0 Å². The first-order valence-corrected chi connectivity index (χ1v) is 7.19. The largest absolute Gasteiger partial charge is 0.481 e. The van der Waals surface area contributed by atoms with Gasteiger partial charge in [0.05, 0.1) is 6.04 Å². The molecular formula is C14H21NO3S. The number of carbonyl (C=O) groups excluding carboxylic acids is 1. The molecule has 0 bridgehead atoms. The molecule has 1 heterocycles. The lowest BCUT2D eigenvalue weighted by Crippen LogP contribution is -2.28. The van der Waals surface area contributed by atoms with Gasteiger partial charge in [0, 0.05) is 22.6 Å². The van der Waals surface area contributed by atoms with E-state index in [0.717, 1.165) is 5.56 Å². The number of aliphatic carboxylic acids is 1. The topological polar surface area (TPSA) is 66.4 Å². The van der Waals surface area contributed by atoms with E-state index >= 15 is 0 Å². The van der Waals surface area contributed by atoms with E-state index in [1.54, 1.807) is 18.3 Å². The lowest BCUT2D eigenvalue weighted by atomic mass is 10.0. The monoisotopic (exact) mass is 283 g/mol. The minimum absolute atomic E-state index is 0.0262. The number of carbonyl (C=O) groups is 2. The molecule has 2 N–H and O–H groups in total. The SMILES string of the molecule is Cc1cc(C(C)NC(=O)CC(C)CC(=O)O)c(C)s1. The molecule has 1 aromatic heterocycles. The molecule has 19 heavy (non-hydrogen) atoms. The Hall–Kier alpha value is -1.36. The van der Waals surface area contributed by atoms with Gasteiger partial charge in [0.1, 0.15) is 0 Å². The number of carboxylic acids is 1. The minimum Gasteiger partial charge on any atom is -0.481 e. The van der Waals surface area contributed by atoms with Crippen LogP contribution >= 0.6 is 11.3 Å². The van der Waals surface area contributed by atoms with Crippen molar-refractivity contribution >= 4 is 23.2 Å². The molecule has 0 aromatic carbocycles. The van der Waals surface area contributed by atoms with Gasteiger partial charge in [-0.25, -0.2) is 0 Å². The van der Waals surface area contributed by atoms with Gasteiger partial charge in [-0.1, -0.05) is 6.92 Å². The lowest BCUT2D eigenvalue weighted by molar-refractivity contribution is -0.138. The van der Waals surface area contributed by atoms with Crippen LogP contribution in [0.15, 0.2) is 6.07 Å². The smallest absolute Gasteiger partial charge is 0.303 e. The molecule has 2 atom stereocenters. The Morgan fingerprint density at radius 2 is 1.95 bits per heavy atom. The highest BCUT2D eigenvalue weighted by atomic mass is 32.1. The van der Waals surface area contributed by atoms with Crippen molar-refractivity contribution in [3.8, 4) is 0 Å². The van der Waals surface area contributed by atoms with Gasteiger partial charge in [-0.2, -0.15) is 0 Å². The van der Waals surface area contributed by atoms with Crippen LogP contribution in [0.2, 0.25) is 0 Å². The lowest BCUT2D eigenvalue weighted by Gasteiger charge is -2.15. The standard InChI is InChI=1S/C14H21NO3S/c1-8(6-14(17)18)5-13(16)15-10(3)12-7-9(2)19-11(12)4/h7-8,10H,5-6H2,1-4H3,(H,15,16)(H,17,18). The second kappa shape index (κ2) is 6.70. The van der Waals surface area contributed by atoms with E-state index in [2.05, 4.69) is 11.4 Å². The molecule has 0 spiro atoms. The number of hydrogen-bond acceptors (Lipinski definition) is 3. The van der Waals surface area contributed by atoms with Crippen LogP contribution in [-0.2, 0) is 9.59 Å². The van der Waals surface area contributed by atoms with Gasteiger partial charge in [0.25, 0.3) is 0 Å². The van der Waals surface area contributed by atoms with Crippen LogP contribution in [0.4, 0.5) is 0 Å². The highest BCUT2D eigenvalue weighted by Crippen LogP contribution is 2.26. The Bertz CT molecular complexity index is 467. The first kappa shape index (κ1) is 15.7. The van der Waals surface area contributed by atoms with Crippen LogP contribution < -0.4 is 5.32 Å². The molecule has 0 aliphatic heterocycles. The molecule has 0 aliphatic carbocycles. The molecule has 4 nitrogen and oxygen atoms in total. The summed E-state index contributed by atoms with van der Waals surface area (Å²) in [6.07, 6.45) is 0.275. The molecule has 106 valence electrons. The van der Waals surface area contributed by atoms with Crippen LogP contribution in [0, 0.1) is 19.8 Å². The summed E-state index contributed by atoms with van der Waals surface area (Å²) in [5.41, 5.74) is 1.14. The molecule has 0 aliphatic rings. The first-order valence-electron chi connectivity index (χ1n) is 6.37. The third-order valence-corrected chi connectivity index (χ3v) is 3.96. The summed E-state index contributed by atoms with van der Waals surface area (Å²) in [6.45, 7) is 7.82. The van der Waals surface area contributed by atoms with Crippen molar-refractivity contribution in [2.24, 2.45) is 5.92 Å². The zero-order valence-corrected chi connectivity index (χ0v) is 12.6. The van der Waals surface area contributed by atoms with Crippen molar-refractivity contribution in [1.82, 2.24) is 5.32 Å². The van der Waals surface area contributed by atoms with E-state index in [-0.39, 0.29) is 30.7 Å². The third-order valence-electron chi connectivity index (χ3n) is 2.98. The Balaban J connectivity index is 2.52. The molecule has 1 rings (SSSR count). The van der Waals surface area contributed by atoms with E-state index < -0.39 is 5.97 Å². The number of nitrogens with one attached hydrogen (secondary N) is 1. The number of carboxylic acid groups (broad SMARTS) is 1. The molecule has 0 saturated heterocycles. The first-order chi connectivity index (χ1) is 8.79. The summed E-state index contributed by atoms with van der Waals surface area (Å²) < 4.78 is 0. The quantitative estimate of drug-likeness (QED) is 0.843. The number of aryl methyl sites for hydroxylation is 2. The summed E-state index contributed by atoms with van der Waals surface area (Å²) in [4.78, 5) is 24.8. The fraction of sp³-hybridized carbons (Fsp3) is 0.571. The second-order valence-corrected chi connectivity index (χ2v) is 6.53. The molecule has 0 radical (unpaired) electrons. The predicted octanol–water partition coefficient (Wildman–Crippen LogP) is 3.04. The van der Waals surface area contributed by atoms with Crippen molar-refractivity contribution in [3.05, 3.63) is 21.4 Å². The number of amides is 1. The molecule has 1 aromatic rings. The van der Waals surface area contributed by atoms with Gasteiger partial charge < -0.3 is 10.4 Å². The van der Waals surface area contributed by atoms with Gasteiger partial charge in [-0.15, -0.1) is 11.3 Å². The van der Waals surface area contributed by atoms with Crippen molar-refractivity contribution in [2.45, 2.75) is 46.6 Å². The number of rotatable bonds is 6. The summed E-state index contributed by atoms with van der Waals surface area (Å²) in [7, 11) is 0.